The lowest BCUT2D eigenvalue weighted by Crippen LogP contribution is -2.30. The SMILES string of the molecule is CN(CCCCCCl)S(=O)(=O)CCCC(F)(F)F. The normalized spacial score (nSPS) is 13.2. The minimum absolute atomic E-state index is 0.325. The van der Waals surface area contributed by atoms with E-state index < -0.39 is 34.8 Å². The van der Waals surface area contributed by atoms with Gasteiger partial charge in [-0.2, -0.15) is 13.2 Å². The summed E-state index contributed by atoms with van der Waals surface area (Å²) in [5, 5.41) is 0. The predicted molar refractivity (Wildman–Crippen MR) is 66.3 cm³/mol. The molecule has 0 spiro atoms. The number of alkyl halides is 4. The van der Waals surface area contributed by atoms with Gasteiger partial charge in [0.05, 0.1) is 5.75 Å². The van der Waals surface area contributed by atoms with Gasteiger partial charge in [0.25, 0.3) is 0 Å². The van der Waals surface area contributed by atoms with Gasteiger partial charge in [0.2, 0.25) is 10.0 Å². The van der Waals surface area contributed by atoms with Crippen LogP contribution >= 0.6 is 11.6 Å². The summed E-state index contributed by atoms with van der Waals surface area (Å²) in [7, 11) is -2.18. The quantitative estimate of drug-likeness (QED) is 0.485. The molecule has 0 saturated heterocycles. The molecule has 0 aromatic carbocycles. The van der Waals surface area contributed by atoms with Crippen molar-refractivity contribution in [3.63, 3.8) is 0 Å². The fourth-order valence-electron chi connectivity index (χ4n) is 1.36. The predicted octanol–water partition coefficient (Wildman–Crippen LogP) is 3.00. The fourth-order valence-corrected chi connectivity index (χ4v) is 2.77. The van der Waals surface area contributed by atoms with Gasteiger partial charge >= 0.3 is 6.18 Å². The molecule has 0 atom stereocenters. The van der Waals surface area contributed by atoms with E-state index in [0.29, 0.717) is 18.8 Å². The van der Waals surface area contributed by atoms with E-state index in [-0.39, 0.29) is 0 Å². The highest BCUT2D eigenvalue weighted by molar-refractivity contribution is 7.89. The Bertz CT molecular complexity index is 320. The van der Waals surface area contributed by atoms with Gasteiger partial charge < -0.3 is 0 Å². The van der Waals surface area contributed by atoms with Crippen molar-refractivity contribution in [1.82, 2.24) is 4.31 Å². The van der Waals surface area contributed by atoms with E-state index in [1.54, 1.807) is 0 Å². The van der Waals surface area contributed by atoms with Gasteiger partial charge in [-0.3, -0.25) is 0 Å². The van der Waals surface area contributed by atoms with Crippen LogP contribution in [-0.2, 0) is 10.0 Å². The number of hydrogen-bond donors (Lipinski definition) is 0. The molecule has 0 amide bonds. The monoisotopic (exact) mass is 309 g/mol. The van der Waals surface area contributed by atoms with Crippen molar-refractivity contribution < 1.29 is 21.6 Å². The molecule has 0 aliphatic rings. The highest BCUT2D eigenvalue weighted by Gasteiger charge is 2.28. The number of rotatable bonds is 9. The molecule has 0 heterocycles. The van der Waals surface area contributed by atoms with Gasteiger partial charge in [-0.05, 0) is 19.3 Å². The molecular weight excluding hydrogens is 291 g/mol. The first-order valence-corrected chi connectivity index (χ1v) is 7.90. The highest BCUT2D eigenvalue weighted by Crippen LogP contribution is 2.21. The summed E-state index contributed by atoms with van der Waals surface area (Å²) in [6.07, 6.45) is -3.46. The molecule has 8 heteroatoms. The van der Waals surface area contributed by atoms with Crippen LogP contribution in [0.15, 0.2) is 0 Å². The van der Waals surface area contributed by atoms with E-state index >= 15 is 0 Å². The van der Waals surface area contributed by atoms with Crippen molar-refractivity contribution in [2.24, 2.45) is 0 Å². The van der Waals surface area contributed by atoms with Crippen molar-refractivity contribution in [3.8, 4) is 0 Å². The van der Waals surface area contributed by atoms with E-state index in [2.05, 4.69) is 0 Å². The van der Waals surface area contributed by atoms with E-state index in [1.165, 1.54) is 7.05 Å². The summed E-state index contributed by atoms with van der Waals surface area (Å²) in [4.78, 5) is 0. The van der Waals surface area contributed by atoms with Gasteiger partial charge in [0, 0.05) is 25.9 Å². The number of hydrogen-bond acceptors (Lipinski definition) is 2. The summed E-state index contributed by atoms with van der Waals surface area (Å²) in [6, 6.07) is 0. The Hall–Kier alpha value is -0.0100. The van der Waals surface area contributed by atoms with Crippen molar-refractivity contribution in [3.05, 3.63) is 0 Å². The molecule has 110 valence electrons. The summed E-state index contributed by atoms with van der Waals surface area (Å²) in [5.41, 5.74) is 0. The molecule has 18 heavy (non-hydrogen) atoms. The maximum Gasteiger partial charge on any atom is 0.389 e. The van der Waals surface area contributed by atoms with Crippen LogP contribution in [0.2, 0.25) is 0 Å². The molecule has 0 aromatic heterocycles. The molecule has 0 aromatic rings. The molecule has 0 saturated carbocycles. The number of halogens is 4. The Morgan fingerprint density at radius 3 is 2.22 bits per heavy atom. The first kappa shape index (κ1) is 18.0. The Balaban J connectivity index is 3.96. The number of sulfonamides is 1. The molecule has 0 rings (SSSR count). The van der Waals surface area contributed by atoms with E-state index in [9.17, 15) is 21.6 Å². The zero-order valence-electron chi connectivity index (χ0n) is 10.3. The average Bonchev–Trinajstić information content (AvgIpc) is 2.21. The summed E-state index contributed by atoms with van der Waals surface area (Å²) >= 11 is 5.48. The third-order valence-corrected chi connectivity index (χ3v) is 4.65. The van der Waals surface area contributed by atoms with E-state index in [1.807, 2.05) is 0 Å². The van der Waals surface area contributed by atoms with Crippen LogP contribution in [0.1, 0.15) is 32.1 Å². The molecule has 0 aliphatic heterocycles. The molecule has 0 bridgehead atoms. The van der Waals surface area contributed by atoms with Gasteiger partial charge in [0.15, 0.2) is 0 Å². The molecule has 0 radical (unpaired) electrons. The van der Waals surface area contributed by atoms with Gasteiger partial charge in [0.1, 0.15) is 0 Å². The maximum atomic E-state index is 11.9. The van der Waals surface area contributed by atoms with E-state index in [4.69, 9.17) is 11.6 Å². The van der Waals surface area contributed by atoms with E-state index in [0.717, 1.165) is 17.1 Å². The van der Waals surface area contributed by atoms with Crippen LogP contribution in [-0.4, -0.2) is 44.1 Å². The zero-order chi connectivity index (χ0) is 14.2. The molecule has 0 unspecified atom stereocenters. The molecule has 3 nitrogen and oxygen atoms in total. The van der Waals surface area contributed by atoms with Crippen molar-refractivity contribution in [2.75, 3.05) is 25.2 Å². The highest BCUT2D eigenvalue weighted by atomic mass is 35.5. The Morgan fingerprint density at radius 1 is 1.11 bits per heavy atom. The topological polar surface area (TPSA) is 37.4 Å². The second-order valence-electron chi connectivity index (χ2n) is 4.11. The molecular formula is C10H19ClF3NO2S. The standard InChI is InChI=1S/C10H19ClF3NO2S/c1-15(8-4-2-3-7-11)18(16,17)9-5-6-10(12,13)14/h2-9H2,1H3. The number of nitrogens with zero attached hydrogens (tertiary/aromatic N) is 1. The van der Waals surface area contributed by atoms with Crippen LogP contribution in [0.4, 0.5) is 13.2 Å². The minimum atomic E-state index is -4.30. The van der Waals surface area contributed by atoms with Crippen molar-refractivity contribution >= 4 is 21.6 Å². The second kappa shape index (κ2) is 8.22. The smallest absolute Gasteiger partial charge is 0.212 e. The maximum absolute atomic E-state index is 11.9. The third kappa shape index (κ3) is 8.99. The Morgan fingerprint density at radius 2 is 1.72 bits per heavy atom. The zero-order valence-corrected chi connectivity index (χ0v) is 11.9. The lowest BCUT2D eigenvalue weighted by molar-refractivity contribution is -0.134. The number of unbranched alkanes of at least 4 members (excludes halogenated alkanes) is 2. The summed E-state index contributed by atoms with van der Waals surface area (Å²) in [6.45, 7) is 0.325. The third-order valence-electron chi connectivity index (χ3n) is 2.44. The fraction of sp³-hybridized carbons (Fsp3) is 1.00. The first-order valence-electron chi connectivity index (χ1n) is 5.76. The summed E-state index contributed by atoms with van der Waals surface area (Å²) < 4.78 is 60.0. The van der Waals surface area contributed by atoms with Crippen LogP contribution in [0.3, 0.4) is 0 Å². The van der Waals surface area contributed by atoms with Crippen molar-refractivity contribution in [1.29, 1.82) is 0 Å². The lowest BCUT2D eigenvalue weighted by Gasteiger charge is -2.17. The second-order valence-corrected chi connectivity index (χ2v) is 6.68. The molecule has 0 N–H and O–H groups in total. The Labute approximate surface area is 111 Å². The lowest BCUT2D eigenvalue weighted by atomic mass is 10.2. The Kier molecular flexibility index (Phi) is 8.21. The van der Waals surface area contributed by atoms with Crippen LogP contribution in [0.25, 0.3) is 0 Å². The first-order chi connectivity index (χ1) is 8.19. The summed E-state index contributed by atoms with van der Waals surface area (Å²) in [5.74, 6) is 0.0700. The molecule has 0 aliphatic carbocycles. The van der Waals surface area contributed by atoms with Gasteiger partial charge in [-0.25, -0.2) is 12.7 Å². The van der Waals surface area contributed by atoms with Crippen LogP contribution in [0.5, 0.6) is 0 Å². The van der Waals surface area contributed by atoms with Crippen LogP contribution < -0.4 is 0 Å². The minimum Gasteiger partial charge on any atom is -0.212 e. The largest absolute Gasteiger partial charge is 0.389 e. The molecule has 0 fully saturated rings. The van der Waals surface area contributed by atoms with Gasteiger partial charge in [-0.15, -0.1) is 11.6 Å². The van der Waals surface area contributed by atoms with Crippen LogP contribution in [0, 0.1) is 0 Å². The van der Waals surface area contributed by atoms with Crippen molar-refractivity contribution in [2.45, 2.75) is 38.3 Å². The average molecular weight is 310 g/mol. The van der Waals surface area contributed by atoms with Gasteiger partial charge in [-0.1, -0.05) is 6.42 Å².